The lowest BCUT2D eigenvalue weighted by Crippen LogP contribution is -2.32. The van der Waals surface area contributed by atoms with E-state index in [0.29, 0.717) is 17.1 Å². The molecular weight excluding hydrogens is 563 g/mol. The summed E-state index contributed by atoms with van der Waals surface area (Å²) in [6, 6.07) is 13.8. The number of hydrogen-bond acceptors (Lipinski definition) is 5. The fraction of sp³-hybridized carbons (Fsp3) is 0.406. The molecule has 3 aliphatic rings. The molecule has 232 valence electrons. The summed E-state index contributed by atoms with van der Waals surface area (Å²) in [6.07, 6.45) is 3.31. The number of hydrogen-bond donors (Lipinski definition) is 0. The van der Waals surface area contributed by atoms with Crippen molar-refractivity contribution in [2.75, 3.05) is 31.1 Å². The van der Waals surface area contributed by atoms with Crippen LogP contribution in [0.1, 0.15) is 70.1 Å². The molecule has 0 saturated carbocycles. The molecule has 43 heavy (non-hydrogen) atoms. The van der Waals surface area contributed by atoms with Crippen LogP contribution in [-0.4, -0.2) is 45.2 Å². The molecule has 1 atom stereocenters. The third-order valence-corrected chi connectivity index (χ3v) is 7.27. The van der Waals surface area contributed by atoms with Crippen molar-refractivity contribution in [2.24, 2.45) is 5.92 Å². The number of carbonyl (C=O) groups is 2. The molecule has 0 aromatic heterocycles. The Bertz CT molecular complexity index is 1520. The average molecular weight is 602 g/mol. The van der Waals surface area contributed by atoms with Gasteiger partial charge in [-0.1, -0.05) is 26.8 Å². The van der Waals surface area contributed by atoms with E-state index in [0.717, 1.165) is 54.1 Å². The quantitative estimate of drug-likeness (QED) is 0.0723. The van der Waals surface area contributed by atoms with Crippen LogP contribution in [0.25, 0.3) is 17.4 Å². The van der Waals surface area contributed by atoms with Crippen molar-refractivity contribution in [1.29, 1.82) is 0 Å². The Labute approximate surface area is 250 Å². The Kier molecular flexibility index (Phi) is 10.6. The zero-order valence-corrected chi connectivity index (χ0v) is 25.7. The molecule has 4 rings (SSSR count). The number of rotatable bonds is 7. The van der Waals surface area contributed by atoms with E-state index in [1.807, 2.05) is 12.1 Å². The van der Waals surface area contributed by atoms with Gasteiger partial charge in [0, 0.05) is 36.5 Å². The second-order valence-electron chi connectivity index (χ2n) is 11.1. The smallest absolute Gasteiger partial charge is 0.456 e. The number of ketones is 1. The molecule has 1 unspecified atom stereocenters. The predicted octanol–water partition coefficient (Wildman–Crippen LogP) is 7.07. The SMILES string of the molecule is CCN(CC)c1ccc2c(c1)OC(=O)C(/C=C/c1cc(C(C)(C)C)c3ccc(=[N+](CC)CC)cc-3o1)C2=O.F[B-](F)(F)F. The standard InChI is InChI=1S/C32H39N2O4.BF4/c1-8-33(9-2)21-12-15-24-27(32(5,6)7)20-23(37-28(24)18-21)14-17-26-30(35)25-16-13-22(34(10-3)11-4)19-29(25)38-31(26)36;2-1(3,4)5/h12-20,26H,8-11H2,1-7H3;/q+1;-1/b17-14+;. The van der Waals surface area contributed by atoms with Crippen molar-refractivity contribution in [3.8, 4) is 17.1 Å². The van der Waals surface area contributed by atoms with Gasteiger partial charge < -0.3 is 31.3 Å². The maximum atomic E-state index is 13.3. The first-order valence-electron chi connectivity index (χ1n) is 14.5. The van der Waals surface area contributed by atoms with Gasteiger partial charge in [0.25, 0.3) is 0 Å². The third kappa shape index (κ3) is 8.36. The van der Waals surface area contributed by atoms with Crippen molar-refractivity contribution in [2.45, 2.75) is 53.9 Å². The molecule has 2 heterocycles. The number of anilines is 1. The van der Waals surface area contributed by atoms with Gasteiger partial charge in [-0.3, -0.25) is 9.59 Å². The molecule has 6 nitrogen and oxygen atoms in total. The number of benzene rings is 2. The number of ether oxygens (including phenoxy) is 1. The van der Waals surface area contributed by atoms with Crippen LogP contribution >= 0.6 is 0 Å². The summed E-state index contributed by atoms with van der Waals surface area (Å²) >= 11 is 0. The highest BCUT2D eigenvalue weighted by Crippen LogP contribution is 2.36. The Morgan fingerprint density at radius 3 is 2.07 bits per heavy atom. The third-order valence-electron chi connectivity index (χ3n) is 7.27. The summed E-state index contributed by atoms with van der Waals surface area (Å²) in [7, 11) is -6.00. The van der Waals surface area contributed by atoms with Gasteiger partial charge in [0.05, 0.1) is 11.6 Å². The van der Waals surface area contributed by atoms with Gasteiger partial charge in [0.1, 0.15) is 36.3 Å². The molecule has 0 fully saturated rings. The molecule has 11 heteroatoms. The van der Waals surface area contributed by atoms with Crippen molar-refractivity contribution in [3.63, 3.8) is 0 Å². The number of fused-ring (bicyclic) bond motifs is 2. The second-order valence-corrected chi connectivity index (χ2v) is 11.1. The molecule has 0 spiro atoms. The Balaban J connectivity index is 0.000000934. The van der Waals surface area contributed by atoms with E-state index in [1.165, 1.54) is 0 Å². The van der Waals surface area contributed by atoms with Crippen LogP contribution in [0.4, 0.5) is 23.0 Å². The zero-order chi connectivity index (χ0) is 32.1. The highest BCUT2D eigenvalue weighted by atomic mass is 19.5. The molecule has 0 N–H and O–H groups in total. The number of esters is 1. The van der Waals surface area contributed by atoms with Gasteiger partial charge in [0.15, 0.2) is 5.78 Å². The molecule has 0 bridgehead atoms. The van der Waals surface area contributed by atoms with Gasteiger partial charge in [-0.2, -0.15) is 0 Å². The number of Topliss-reactive ketones (excluding diaryl/α,β-unsaturated/α-hetero) is 1. The van der Waals surface area contributed by atoms with Crippen LogP contribution in [0.2, 0.25) is 0 Å². The molecular formula is C32H39BF4N2O4. The predicted molar refractivity (Wildman–Crippen MR) is 163 cm³/mol. The topological polar surface area (TPSA) is 62.8 Å². The number of carbonyl (C=O) groups excluding carboxylic acids is 2. The van der Waals surface area contributed by atoms with Crippen LogP contribution < -0.4 is 19.6 Å². The first-order valence-corrected chi connectivity index (χ1v) is 14.5. The molecule has 1 aliphatic carbocycles. The van der Waals surface area contributed by atoms with Crippen LogP contribution in [0.3, 0.4) is 0 Å². The van der Waals surface area contributed by atoms with Crippen molar-refractivity contribution in [3.05, 3.63) is 70.8 Å². The Hall–Kier alpha value is -3.89. The minimum absolute atomic E-state index is 0.130. The first kappa shape index (κ1) is 33.6. The van der Waals surface area contributed by atoms with E-state index in [4.69, 9.17) is 9.15 Å². The van der Waals surface area contributed by atoms with Gasteiger partial charge in [-0.15, -0.1) is 0 Å². The van der Waals surface area contributed by atoms with Gasteiger partial charge in [-0.05, 0) is 69.0 Å². The minimum atomic E-state index is -6.00. The number of nitrogens with zero attached hydrogens (tertiary/aromatic N) is 2. The monoisotopic (exact) mass is 602 g/mol. The lowest BCUT2D eigenvalue weighted by atomic mass is 9.82. The molecule has 2 aliphatic heterocycles. The molecule has 0 amide bonds. The van der Waals surface area contributed by atoms with E-state index in [2.05, 4.69) is 76.1 Å². The normalized spacial score (nSPS) is 15.2. The summed E-state index contributed by atoms with van der Waals surface area (Å²) in [4.78, 5) is 28.3. The maximum Gasteiger partial charge on any atom is 0.673 e. The second kappa shape index (κ2) is 13.6. The van der Waals surface area contributed by atoms with E-state index in [-0.39, 0.29) is 11.2 Å². The van der Waals surface area contributed by atoms with E-state index in [9.17, 15) is 26.9 Å². The van der Waals surface area contributed by atoms with E-state index in [1.54, 1.807) is 24.3 Å². The molecule has 0 saturated heterocycles. The van der Waals surface area contributed by atoms with Crippen molar-refractivity contribution in [1.82, 2.24) is 4.58 Å². The highest BCUT2D eigenvalue weighted by Gasteiger charge is 2.35. The largest absolute Gasteiger partial charge is 0.673 e. The summed E-state index contributed by atoms with van der Waals surface area (Å²) in [6.45, 7) is 18.3. The fourth-order valence-electron chi connectivity index (χ4n) is 5.07. The lowest BCUT2D eigenvalue weighted by Gasteiger charge is -2.25. The van der Waals surface area contributed by atoms with Crippen LogP contribution in [-0.2, 0) is 10.2 Å². The van der Waals surface area contributed by atoms with Crippen LogP contribution in [0.15, 0.2) is 53.0 Å². The van der Waals surface area contributed by atoms with Crippen molar-refractivity contribution < 1.29 is 36.0 Å². The fourth-order valence-corrected chi connectivity index (χ4v) is 5.07. The first-order chi connectivity index (χ1) is 20.1. The summed E-state index contributed by atoms with van der Waals surface area (Å²) < 4.78 is 53.2. The molecule has 1 aromatic rings. The summed E-state index contributed by atoms with van der Waals surface area (Å²) in [5.41, 5.74) is 3.41. The summed E-state index contributed by atoms with van der Waals surface area (Å²) in [5, 5.41) is 1.10. The summed E-state index contributed by atoms with van der Waals surface area (Å²) in [5.74, 6) is -0.178. The zero-order valence-electron chi connectivity index (χ0n) is 25.7. The lowest BCUT2D eigenvalue weighted by molar-refractivity contribution is -0.136. The molecule has 1 aromatic carbocycles. The Morgan fingerprint density at radius 2 is 1.51 bits per heavy atom. The van der Waals surface area contributed by atoms with Gasteiger partial charge in [0.2, 0.25) is 5.36 Å². The number of halogens is 4. The minimum Gasteiger partial charge on any atom is -0.456 e. The van der Waals surface area contributed by atoms with Crippen LogP contribution in [0.5, 0.6) is 5.75 Å². The highest BCUT2D eigenvalue weighted by molar-refractivity contribution is 6.50. The Morgan fingerprint density at radius 1 is 0.907 bits per heavy atom. The van der Waals surface area contributed by atoms with Gasteiger partial charge >= 0.3 is 13.2 Å². The van der Waals surface area contributed by atoms with Crippen LogP contribution in [0, 0.1) is 5.92 Å². The maximum absolute atomic E-state index is 13.3. The van der Waals surface area contributed by atoms with Gasteiger partial charge in [-0.25, -0.2) is 4.58 Å². The molecule has 0 radical (unpaired) electrons. The average Bonchev–Trinajstić information content (AvgIpc) is 2.92. The van der Waals surface area contributed by atoms with E-state index < -0.39 is 19.1 Å². The van der Waals surface area contributed by atoms with E-state index >= 15 is 0 Å². The van der Waals surface area contributed by atoms with Crippen molar-refractivity contribution >= 4 is 30.8 Å².